The van der Waals surface area contributed by atoms with Crippen LogP contribution in [0.25, 0.3) is 0 Å². The number of unbranched alkanes of at least 4 members (excludes halogenated alkanes) is 24. The summed E-state index contributed by atoms with van der Waals surface area (Å²) >= 11 is 0. The molecule has 1 aliphatic heterocycles. The Bertz CT molecular complexity index is 1530. The first-order valence-electron chi connectivity index (χ1n) is 30.1. The number of carbonyl (C=O) groups is 1. The molecule has 0 saturated carbocycles. The molecule has 1 fully saturated rings. The zero-order chi connectivity index (χ0) is 53.6. The first kappa shape index (κ1) is 68.9. The number of hydrogen-bond acceptors (Lipinski definition) is 8. The molecule has 0 spiro atoms. The van der Waals surface area contributed by atoms with Gasteiger partial charge in [-0.2, -0.15) is 0 Å². The average Bonchev–Trinajstić information content (AvgIpc) is 3.40. The van der Waals surface area contributed by atoms with E-state index in [4.69, 9.17) is 9.47 Å². The average molecular weight is 1030 g/mol. The Balaban J connectivity index is 2.17. The van der Waals surface area contributed by atoms with Crippen LogP contribution in [0.4, 0.5) is 0 Å². The molecule has 0 radical (unpaired) electrons. The summed E-state index contributed by atoms with van der Waals surface area (Å²) in [5, 5.41) is 54.5. The molecule has 9 nitrogen and oxygen atoms in total. The van der Waals surface area contributed by atoms with Gasteiger partial charge in [0.05, 0.1) is 25.4 Å². The first-order valence-corrected chi connectivity index (χ1v) is 30.1. The van der Waals surface area contributed by atoms with Crippen molar-refractivity contribution in [2.45, 2.75) is 281 Å². The number of allylic oxidation sites excluding steroid dienone is 17. The lowest BCUT2D eigenvalue weighted by Crippen LogP contribution is -2.60. The van der Waals surface area contributed by atoms with Crippen LogP contribution in [0.2, 0.25) is 0 Å². The number of hydrogen-bond donors (Lipinski definition) is 6. The van der Waals surface area contributed by atoms with E-state index in [-0.39, 0.29) is 12.5 Å². The Morgan fingerprint density at radius 1 is 0.473 bits per heavy atom. The fourth-order valence-electron chi connectivity index (χ4n) is 8.86. The number of amides is 1. The summed E-state index contributed by atoms with van der Waals surface area (Å²) < 4.78 is 11.3. The molecule has 0 aromatic carbocycles. The minimum absolute atomic E-state index is 0.192. The van der Waals surface area contributed by atoms with Gasteiger partial charge >= 0.3 is 0 Å². The number of nitrogens with one attached hydrogen (secondary N) is 1. The highest BCUT2D eigenvalue weighted by molar-refractivity contribution is 5.76. The number of aliphatic hydroxyl groups excluding tert-OH is 5. The molecule has 0 aromatic heterocycles. The fraction of sp³-hybridized carbons (Fsp3) is 0.708. The Kier molecular flexibility index (Phi) is 49.6. The molecule has 1 aliphatic rings. The normalized spacial score (nSPS) is 19.8. The molecule has 6 N–H and O–H groups in total. The molecule has 424 valence electrons. The van der Waals surface area contributed by atoms with Gasteiger partial charge in [0, 0.05) is 6.42 Å². The predicted octanol–water partition coefficient (Wildman–Crippen LogP) is 15.3. The lowest BCUT2D eigenvalue weighted by Gasteiger charge is -2.40. The van der Waals surface area contributed by atoms with Crippen molar-refractivity contribution in [2.24, 2.45) is 0 Å². The van der Waals surface area contributed by atoms with Gasteiger partial charge in [0.15, 0.2) is 6.29 Å². The smallest absolute Gasteiger partial charge is 0.220 e. The van der Waals surface area contributed by atoms with Gasteiger partial charge in [-0.25, -0.2) is 0 Å². The maximum absolute atomic E-state index is 13.1. The van der Waals surface area contributed by atoms with E-state index in [9.17, 15) is 30.3 Å². The summed E-state index contributed by atoms with van der Waals surface area (Å²) in [5.74, 6) is -0.192. The van der Waals surface area contributed by atoms with Gasteiger partial charge in [-0.3, -0.25) is 4.79 Å². The van der Waals surface area contributed by atoms with Crippen molar-refractivity contribution < 1.29 is 39.8 Å². The second kappa shape index (κ2) is 53.3. The molecule has 7 unspecified atom stereocenters. The summed E-state index contributed by atoms with van der Waals surface area (Å²) in [5.41, 5.74) is 0. The summed E-state index contributed by atoms with van der Waals surface area (Å²) in [7, 11) is 0. The van der Waals surface area contributed by atoms with Crippen LogP contribution in [-0.4, -0.2) is 87.5 Å². The van der Waals surface area contributed by atoms with Crippen LogP contribution < -0.4 is 5.32 Å². The van der Waals surface area contributed by atoms with Crippen LogP contribution in [0.15, 0.2) is 109 Å². The monoisotopic (exact) mass is 1030 g/mol. The van der Waals surface area contributed by atoms with Gasteiger partial charge in [-0.1, -0.05) is 252 Å². The van der Waals surface area contributed by atoms with Gasteiger partial charge in [0.1, 0.15) is 24.4 Å². The van der Waals surface area contributed by atoms with Gasteiger partial charge < -0.3 is 40.3 Å². The summed E-state index contributed by atoms with van der Waals surface area (Å²) in [6, 6.07) is -0.828. The van der Waals surface area contributed by atoms with Crippen molar-refractivity contribution in [2.75, 3.05) is 13.2 Å². The molecule has 1 amide bonds. The first-order chi connectivity index (χ1) is 36.3. The molecular formula is C65H111NO8. The third-order valence-electron chi connectivity index (χ3n) is 13.6. The van der Waals surface area contributed by atoms with E-state index >= 15 is 0 Å². The molecule has 9 heteroatoms. The Labute approximate surface area is 453 Å². The Hall–Kier alpha value is -3.15. The van der Waals surface area contributed by atoms with Gasteiger partial charge in [-0.05, 0) is 89.9 Å². The van der Waals surface area contributed by atoms with Crippen LogP contribution in [0, 0.1) is 0 Å². The van der Waals surface area contributed by atoms with E-state index in [0.717, 1.165) is 83.5 Å². The standard InChI is InChI=1S/C65H111NO8/c1-3-5-7-9-11-13-15-17-19-21-22-23-24-25-26-27-28-29-30-31-32-33-34-35-36-37-38-39-41-43-45-47-49-51-53-55-61(69)66-58(57-73-65-64(72)63(71)62(70)60(56-67)74-65)59(68)54-52-50-48-46-44-42-40-20-18-16-14-12-10-8-6-4-2/h5,7,11,13,17,19,22-23,25-26,28-29,31-32,44,46,52,54,58-60,62-65,67-68,70-72H,3-4,6,8-10,12,14-16,18,20-21,24,27,30,33-43,45,47-51,53,55-57H2,1-2H3,(H,66,69)/b7-5-,13-11-,19-17-,23-22-,26-25-,29-28-,32-31-,46-44+,54-52+. The number of carbonyl (C=O) groups excluding carboxylic acids is 1. The molecule has 1 heterocycles. The van der Waals surface area contributed by atoms with Crippen molar-refractivity contribution in [3.63, 3.8) is 0 Å². The molecular weight excluding hydrogens is 923 g/mol. The van der Waals surface area contributed by atoms with E-state index in [1.54, 1.807) is 6.08 Å². The van der Waals surface area contributed by atoms with Crippen molar-refractivity contribution >= 4 is 5.91 Å². The Morgan fingerprint density at radius 3 is 1.30 bits per heavy atom. The van der Waals surface area contributed by atoms with E-state index in [1.807, 2.05) is 6.08 Å². The van der Waals surface area contributed by atoms with Crippen molar-refractivity contribution in [1.82, 2.24) is 5.32 Å². The molecule has 0 bridgehead atoms. The molecule has 1 saturated heterocycles. The molecule has 0 aromatic rings. The summed E-state index contributed by atoms with van der Waals surface area (Å²) in [6.45, 7) is 3.64. The third-order valence-corrected chi connectivity index (χ3v) is 13.6. The highest BCUT2D eigenvalue weighted by Gasteiger charge is 2.44. The number of ether oxygens (including phenoxy) is 2. The largest absolute Gasteiger partial charge is 0.394 e. The quantitative estimate of drug-likeness (QED) is 0.0261. The lowest BCUT2D eigenvalue weighted by atomic mass is 9.99. The SMILES string of the molecule is CC/C=C\C/C=C\C/C=C\C/C=C\C/C=C\C/C=C\C/C=C\CCCCCCCCCCCCCCCC(=O)NC(COC1OC(CO)C(O)C(O)C1O)C(O)/C=C/CC/C=C/CCCCCCCCCCCC. The van der Waals surface area contributed by atoms with E-state index in [0.29, 0.717) is 6.42 Å². The summed E-state index contributed by atoms with van der Waals surface area (Å²) in [6.07, 6.45) is 71.6. The minimum atomic E-state index is -1.58. The van der Waals surface area contributed by atoms with Crippen LogP contribution in [-0.2, 0) is 14.3 Å². The predicted molar refractivity (Wildman–Crippen MR) is 313 cm³/mol. The van der Waals surface area contributed by atoms with Crippen LogP contribution in [0.1, 0.15) is 239 Å². The Morgan fingerprint density at radius 2 is 0.851 bits per heavy atom. The minimum Gasteiger partial charge on any atom is -0.394 e. The van der Waals surface area contributed by atoms with Gasteiger partial charge in [0.2, 0.25) is 5.91 Å². The maximum atomic E-state index is 13.1. The summed E-state index contributed by atoms with van der Waals surface area (Å²) in [4.78, 5) is 13.1. The highest BCUT2D eigenvalue weighted by atomic mass is 16.7. The van der Waals surface area contributed by atoms with Crippen LogP contribution in [0.5, 0.6) is 0 Å². The van der Waals surface area contributed by atoms with Gasteiger partial charge in [-0.15, -0.1) is 0 Å². The second-order valence-electron chi connectivity index (χ2n) is 20.4. The maximum Gasteiger partial charge on any atom is 0.220 e. The van der Waals surface area contributed by atoms with Crippen LogP contribution in [0.3, 0.4) is 0 Å². The van der Waals surface area contributed by atoms with Crippen LogP contribution >= 0.6 is 0 Å². The fourth-order valence-corrected chi connectivity index (χ4v) is 8.86. The zero-order valence-electron chi connectivity index (χ0n) is 47.1. The molecule has 74 heavy (non-hydrogen) atoms. The zero-order valence-corrected chi connectivity index (χ0v) is 47.1. The second-order valence-corrected chi connectivity index (χ2v) is 20.4. The van der Waals surface area contributed by atoms with E-state index in [1.165, 1.54) is 135 Å². The lowest BCUT2D eigenvalue weighted by molar-refractivity contribution is -0.302. The molecule has 1 rings (SSSR count). The number of rotatable bonds is 50. The van der Waals surface area contributed by atoms with E-state index < -0.39 is 49.5 Å². The van der Waals surface area contributed by atoms with Crippen molar-refractivity contribution in [3.8, 4) is 0 Å². The van der Waals surface area contributed by atoms with Crippen molar-refractivity contribution in [3.05, 3.63) is 109 Å². The van der Waals surface area contributed by atoms with E-state index in [2.05, 4.69) is 116 Å². The van der Waals surface area contributed by atoms with Gasteiger partial charge in [0.25, 0.3) is 0 Å². The molecule has 0 aliphatic carbocycles. The topological polar surface area (TPSA) is 149 Å². The highest BCUT2D eigenvalue weighted by Crippen LogP contribution is 2.23. The number of aliphatic hydroxyl groups is 5. The third kappa shape index (κ3) is 42.0. The van der Waals surface area contributed by atoms with Crippen molar-refractivity contribution in [1.29, 1.82) is 0 Å². The molecule has 7 atom stereocenters.